The van der Waals surface area contributed by atoms with Crippen molar-refractivity contribution in [2.75, 3.05) is 18.6 Å². The van der Waals surface area contributed by atoms with E-state index in [0.717, 1.165) is 5.56 Å². The summed E-state index contributed by atoms with van der Waals surface area (Å²) in [6, 6.07) is 11.5. The Morgan fingerprint density at radius 1 is 1.30 bits per heavy atom. The van der Waals surface area contributed by atoms with Gasteiger partial charge >= 0.3 is 0 Å². The zero-order chi connectivity index (χ0) is 19.0. The van der Waals surface area contributed by atoms with Crippen LogP contribution in [-0.4, -0.2) is 29.7 Å². The van der Waals surface area contributed by atoms with Crippen molar-refractivity contribution in [1.29, 1.82) is 0 Å². The van der Waals surface area contributed by atoms with Gasteiger partial charge in [0, 0.05) is 24.2 Å². The van der Waals surface area contributed by atoms with Crippen LogP contribution in [0.1, 0.15) is 18.2 Å². The summed E-state index contributed by atoms with van der Waals surface area (Å²) in [5.74, 6) is 0.631. The number of carbonyl (C=O) groups excluding carboxylic acids is 1. The Labute approximate surface area is 159 Å². The summed E-state index contributed by atoms with van der Waals surface area (Å²) in [6.07, 6.45) is 0.231. The lowest BCUT2D eigenvalue weighted by molar-refractivity contribution is -0.117. The first kappa shape index (κ1) is 17.5. The second-order valence-electron chi connectivity index (χ2n) is 6.19. The fraction of sp³-hybridized carbons (Fsp3) is 0.211. The number of carbonyl (C=O) groups is 1. The van der Waals surface area contributed by atoms with E-state index >= 15 is 0 Å². The smallest absolute Gasteiger partial charge is 0.232 e. The van der Waals surface area contributed by atoms with Crippen LogP contribution in [-0.2, 0) is 4.79 Å². The lowest BCUT2D eigenvalue weighted by Crippen LogP contribution is -2.24. The topological polar surface area (TPSA) is 68.5 Å². The molecule has 4 rings (SSSR count). The van der Waals surface area contributed by atoms with Crippen molar-refractivity contribution in [2.45, 2.75) is 12.3 Å². The Morgan fingerprint density at radius 3 is 2.93 bits per heavy atom. The molecule has 0 spiro atoms. The molecule has 1 amide bonds. The second-order valence-corrected chi connectivity index (χ2v) is 6.60. The van der Waals surface area contributed by atoms with Gasteiger partial charge in [-0.2, -0.15) is 4.98 Å². The highest BCUT2D eigenvalue weighted by Gasteiger charge is 2.35. The van der Waals surface area contributed by atoms with E-state index in [4.69, 9.17) is 20.9 Å². The van der Waals surface area contributed by atoms with Crippen molar-refractivity contribution in [3.63, 3.8) is 0 Å². The van der Waals surface area contributed by atoms with Crippen LogP contribution < -0.4 is 9.64 Å². The second kappa shape index (κ2) is 7.00. The van der Waals surface area contributed by atoms with Crippen molar-refractivity contribution in [3.8, 4) is 17.1 Å². The first-order chi connectivity index (χ1) is 13.0. The molecule has 0 aliphatic carbocycles. The van der Waals surface area contributed by atoms with Gasteiger partial charge in [-0.3, -0.25) is 4.79 Å². The average Bonchev–Trinajstić information content (AvgIpc) is 3.31. The molecule has 1 fully saturated rings. The number of methoxy groups -OCH3 is 1. The number of hydrogen-bond acceptors (Lipinski definition) is 5. The third kappa shape index (κ3) is 3.38. The Kier molecular flexibility index (Phi) is 4.53. The SMILES string of the molecule is COc1cccc(-c2noc(C3CC(=O)N(c4ccc(F)c(Cl)c4)C3)n2)c1. The summed E-state index contributed by atoms with van der Waals surface area (Å²) < 4.78 is 24.0. The third-order valence-corrected chi connectivity index (χ3v) is 4.75. The van der Waals surface area contributed by atoms with Crippen LogP contribution in [0.3, 0.4) is 0 Å². The van der Waals surface area contributed by atoms with Gasteiger partial charge < -0.3 is 14.2 Å². The molecule has 0 N–H and O–H groups in total. The largest absolute Gasteiger partial charge is 0.497 e. The van der Waals surface area contributed by atoms with Crippen LogP contribution in [0.4, 0.5) is 10.1 Å². The summed E-state index contributed by atoms with van der Waals surface area (Å²) >= 11 is 5.83. The minimum Gasteiger partial charge on any atom is -0.497 e. The zero-order valence-electron chi connectivity index (χ0n) is 14.4. The number of hydrogen-bond donors (Lipinski definition) is 0. The fourth-order valence-electron chi connectivity index (χ4n) is 3.06. The number of nitrogens with zero attached hydrogens (tertiary/aromatic N) is 3. The van der Waals surface area contributed by atoms with E-state index < -0.39 is 5.82 Å². The lowest BCUT2D eigenvalue weighted by Gasteiger charge is -2.16. The van der Waals surface area contributed by atoms with Crippen LogP contribution in [0.25, 0.3) is 11.4 Å². The maximum atomic E-state index is 13.4. The van der Waals surface area contributed by atoms with Gasteiger partial charge in [-0.15, -0.1) is 0 Å². The highest BCUT2D eigenvalue weighted by atomic mass is 35.5. The van der Waals surface area contributed by atoms with Crippen LogP contribution in [0.15, 0.2) is 47.0 Å². The van der Waals surface area contributed by atoms with Crippen molar-refractivity contribution in [1.82, 2.24) is 10.1 Å². The molecule has 2 aromatic carbocycles. The van der Waals surface area contributed by atoms with Crippen molar-refractivity contribution < 1.29 is 18.4 Å². The van der Waals surface area contributed by atoms with E-state index in [9.17, 15) is 9.18 Å². The van der Waals surface area contributed by atoms with Gasteiger partial charge in [-0.05, 0) is 30.3 Å². The van der Waals surface area contributed by atoms with Crippen molar-refractivity contribution in [3.05, 3.63) is 59.2 Å². The molecule has 138 valence electrons. The van der Waals surface area contributed by atoms with E-state index in [0.29, 0.717) is 29.7 Å². The molecule has 3 aromatic rings. The van der Waals surface area contributed by atoms with Crippen LogP contribution >= 0.6 is 11.6 Å². The molecule has 1 atom stereocenters. The Bertz CT molecular complexity index is 1010. The van der Waals surface area contributed by atoms with Crippen LogP contribution in [0.2, 0.25) is 5.02 Å². The number of halogens is 2. The number of anilines is 1. The first-order valence-electron chi connectivity index (χ1n) is 8.28. The molecule has 0 radical (unpaired) electrons. The Morgan fingerprint density at radius 2 is 2.15 bits per heavy atom. The number of ether oxygens (including phenoxy) is 1. The standard InChI is InChI=1S/C19H15ClFN3O3/c1-26-14-4-2-3-11(7-14)18-22-19(27-23-18)12-8-17(25)24(10-12)13-5-6-16(21)15(20)9-13/h2-7,9,12H,8,10H2,1H3. The monoisotopic (exact) mass is 387 g/mol. The van der Waals surface area contributed by atoms with Gasteiger partial charge in [0.15, 0.2) is 0 Å². The molecule has 1 unspecified atom stereocenters. The Hall–Kier alpha value is -2.93. The lowest BCUT2D eigenvalue weighted by atomic mass is 10.1. The summed E-state index contributed by atoms with van der Waals surface area (Å²) in [7, 11) is 1.58. The van der Waals surface area contributed by atoms with E-state index in [1.165, 1.54) is 18.2 Å². The third-order valence-electron chi connectivity index (χ3n) is 4.46. The minimum atomic E-state index is -0.525. The molecule has 1 aliphatic heterocycles. The molecule has 0 bridgehead atoms. The molecular formula is C19H15ClFN3O3. The number of amides is 1. The van der Waals surface area contributed by atoms with E-state index in [-0.39, 0.29) is 23.3 Å². The predicted molar refractivity (Wildman–Crippen MR) is 97.4 cm³/mol. The van der Waals surface area contributed by atoms with Crippen LogP contribution in [0.5, 0.6) is 5.75 Å². The fourth-order valence-corrected chi connectivity index (χ4v) is 3.23. The molecule has 1 aliphatic rings. The van der Waals surface area contributed by atoms with Crippen molar-refractivity contribution in [2.24, 2.45) is 0 Å². The molecule has 6 nitrogen and oxygen atoms in total. The first-order valence-corrected chi connectivity index (χ1v) is 8.66. The maximum absolute atomic E-state index is 13.4. The molecular weight excluding hydrogens is 373 g/mol. The number of benzene rings is 2. The number of aromatic nitrogens is 2. The maximum Gasteiger partial charge on any atom is 0.232 e. The summed E-state index contributed by atoms with van der Waals surface area (Å²) in [4.78, 5) is 18.4. The van der Waals surface area contributed by atoms with Crippen LogP contribution in [0, 0.1) is 5.82 Å². The molecule has 0 saturated carbocycles. The summed E-state index contributed by atoms with van der Waals surface area (Å²) in [5, 5.41) is 3.99. The molecule has 1 aromatic heterocycles. The van der Waals surface area contributed by atoms with E-state index in [1.54, 1.807) is 18.1 Å². The molecule has 27 heavy (non-hydrogen) atoms. The predicted octanol–water partition coefficient (Wildman–Crippen LogP) is 4.06. The molecule has 2 heterocycles. The highest BCUT2D eigenvalue weighted by molar-refractivity contribution is 6.31. The normalized spacial score (nSPS) is 16.8. The Balaban J connectivity index is 1.55. The van der Waals surface area contributed by atoms with Gasteiger partial charge in [0.25, 0.3) is 0 Å². The van der Waals surface area contributed by atoms with E-state index in [2.05, 4.69) is 10.1 Å². The summed E-state index contributed by atoms with van der Waals surface area (Å²) in [6.45, 7) is 0.362. The summed E-state index contributed by atoms with van der Waals surface area (Å²) in [5.41, 5.74) is 1.30. The van der Waals surface area contributed by atoms with Gasteiger partial charge in [0.2, 0.25) is 17.6 Å². The highest BCUT2D eigenvalue weighted by Crippen LogP contribution is 2.33. The molecule has 8 heteroatoms. The van der Waals surface area contributed by atoms with Crippen molar-refractivity contribution >= 4 is 23.2 Å². The quantitative estimate of drug-likeness (QED) is 0.675. The number of rotatable bonds is 4. The zero-order valence-corrected chi connectivity index (χ0v) is 15.1. The minimum absolute atomic E-state index is 0.0261. The molecule has 1 saturated heterocycles. The average molecular weight is 388 g/mol. The van der Waals surface area contributed by atoms with Gasteiger partial charge in [0.1, 0.15) is 11.6 Å². The van der Waals surface area contributed by atoms with Gasteiger partial charge in [-0.25, -0.2) is 4.39 Å². The van der Waals surface area contributed by atoms with Gasteiger partial charge in [-0.1, -0.05) is 28.9 Å². The van der Waals surface area contributed by atoms with E-state index in [1.807, 2.05) is 18.2 Å². The van der Waals surface area contributed by atoms with Gasteiger partial charge in [0.05, 0.1) is 18.1 Å².